The molecule has 2 aliphatic heterocycles. The zero-order valence-electron chi connectivity index (χ0n) is 21.9. The highest BCUT2D eigenvalue weighted by Gasteiger charge is 2.72. The first kappa shape index (κ1) is 32.7. The maximum Gasteiger partial charge on any atom is 0.430 e. The van der Waals surface area contributed by atoms with E-state index in [0.29, 0.717) is 17.4 Å². The average Bonchev–Trinajstić information content (AvgIpc) is 3.60. The minimum absolute atomic E-state index is 0.105. The molecular weight excluding hydrogens is 639 g/mol. The fourth-order valence-corrected chi connectivity index (χ4v) is 6.72. The molecule has 1 aromatic heterocycles. The third-order valence-corrected chi connectivity index (χ3v) is 9.49. The molecule has 0 saturated carbocycles. The van der Waals surface area contributed by atoms with Gasteiger partial charge in [0.15, 0.2) is 5.01 Å². The number of aliphatic hydroxyl groups is 3. The van der Waals surface area contributed by atoms with E-state index in [-0.39, 0.29) is 33.2 Å². The van der Waals surface area contributed by atoms with Gasteiger partial charge in [-0.25, -0.2) is 4.98 Å². The minimum atomic E-state index is -6.22. The van der Waals surface area contributed by atoms with E-state index in [2.05, 4.69) is 10.3 Å². The Morgan fingerprint density at radius 1 is 1.02 bits per heavy atom. The van der Waals surface area contributed by atoms with E-state index in [4.69, 9.17) is 23.2 Å². The second kappa shape index (κ2) is 11.1. The molecule has 232 valence electrons. The molecule has 2 aliphatic rings. The minimum Gasteiger partial charge on any atom is -0.388 e. The maximum atomic E-state index is 13.7. The summed E-state index contributed by atoms with van der Waals surface area (Å²) in [6.45, 7) is 2.20. The highest BCUT2D eigenvalue weighted by Crippen LogP contribution is 2.54. The summed E-state index contributed by atoms with van der Waals surface area (Å²) in [6, 6.07) is 0.823. The molecule has 2 aromatic rings. The zero-order valence-corrected chi connectivity index (χ0v) is 24.2. The van der Waals surface area contributed by atoms with Crippen LogP contribution in [0.1, 0.15) is 65.4 Å². The molecule has 42 heavy (non-hydrogen) atoms. The lowest BCUT2D eigenvalue weighted by Crippen LogP contribution is -2.54. The second-order valence-electron chi connectivity index (χ2n) is 10.7. The molecule has 2 amide bonds. The molecule has 1 atom stereocenters. The number of aromatic nitrogens is 1. The largest absolute Gasteiger partial charge is 0.430 e. The number of carbonyl (C=O) groups excluding carboxylic acids is 2. The number of halogens is 8. The number of fused-ring (bicyclic) bond motifs is 2. The van der Waals surface area contributed by atoms with E-state index >= 15 is 0 Å². The number of nitrogens with zero attached hydrogens (tertiary/aromatic N) is 2. The molecule has 4 rings (SSSR count). The van der Waals surface area contributed by atoms with Crippen LogP contribution < -0.4 is 5.32 Å². The third kappa shape index (κ3) is 5.59. The van der Waals surface area contributed by atoms with Gasteiger partial charge in [-0.15, -0.1) is 11.3 Å². The van der Waals surface area contributed by atoms with Crippen molar-refractivity contribution in [2.45, 2.75) is 81.3 Å². The molecule has 3 heterocycles. The summed E-state index contributed by atoms with van der Waals surface area (Å²) in [6.07, 6.45) is -10.9. The summed E-state index contributed by atoms with van der Waals surface area (Å²) in [5, 5.41) is 29.7. The van der Waals surface area contributed by atoms with Crippen molar-refractivity contribution in [3.05, 3.63) is 38.4 Å². The maximum absolute atomic E-state index is 13.7. The molecule has 0 spiro atoms. The second-order valence-corrected chi connectivity index (χ2v) is 12.5. The number of nitrogens with one attached hydrogen (secondary N) is 1. The fourth-order valence-electron chi connectivity index (χ4n) is 5.10. The average molecular weight is 664 g/mol. The molecule has 1 aromatic carbocycles. The zero-order chi connectivity index (χ0) is 31.6. The van der Waals surface area contributed by atoms with Crippen molar-refractivity contribution in [3.8, 4) is 10.4 Å². The third-order valence-electron chi connectivity index (χ3n) is 7.52. The monoisotopic (exact) mass is 663 g/mol. The Kier molecular flexibility index (Phi) is 8.63. The Balaban J connectivity index is 1.81. The SMILES string of the molecule is CC(C)(O)C(O)CNC(=O)c1nc(C(=O)N2C3CCC2CC3)c(-c2ccc(C(O)(C(F)(F)F)C(F)(F)F)c(Cl)c2Cl)s1. The summed E-state index contributed by atoms with van der Waals surface area (Å²) in [4.78, 5) is 32.2. The number of carbonyl (C=O) groups is 2. The highest BCUT2D eigenvalue weighted by atomic mass is 35.5. The predicted molar refractivity (Wildman–Crippen MR) is 140 cm³/mol. The van der Waals surface area contributed by atoms with Crippen LogP contribution in [0.2, 0.25) is 10.0 Å². The van der Waals surface area contributed by atoms with E-state index in [1.165, 1.54) is 13.8 Å². The Labute approximate surface area is 249 Å². The van der Waals surface area contributed by atoms with Crippen LogP contribution in [0.15, 0.2) is 12.1 Å². The molecule has 8 nitrogen and oxygen atoms in total. The van der Waals surface area contributed by atoms with E-state index in [0.717, 1.165) is 31.7 Å². The van der Waals surface area contributed by atoms with Crippen LogP contribution in [0.3, 0.4) is 0 Å². The quantitative estimate of drug-likeness (QED) is 0.307. The van der Waals surface area contributed by atoms with Crippen molar-refractivity contribution < 1.29 is 51.3 Å². The van der Waals surface area contributed by atoms with Gasteiger partial charge in [0.25, 0.3) is 17.4 Å². The van der Waals surface area contributed by atoms with Crippen LogP contribution >= 0.6 is 34.5 Å². The number of thiazole rings is 1. The topological polar surface area (TPSA) is 123 Å². The molecule has 0 aliphatic carbocycles. The molecule has 2 fully saturated rings. The Hall–Kier alpha value is -2.17. The van der Waals surface area contributed by atoms with Crippen molar-refractivity contribution >= 4 is 46.4 Å². The van der Waals surface area contributed by atoms with Crippen LogP contribution in [0, 0.1) is 0 Å². The van der Waals surface area contributed by atoms with Crippen LogP contribution in [-0.2, 0) is 5.60 Å². The smallest absolute Gasteiger partial charge is 0.388 e. The van der Waals surface area contributed by atoms with Gasteiger partial charge in [-0.3, -0.25) is 9.59 Å². The van der Waals surface area contributed by atoms with Gasteiger partial charge in [0.05, 0.1) is 26.6 Å². The van der Waals surface area contributed by atoms with Crippen molar-refractivity contribution in [3.63, 3.8) is 0 Å². The van der Waals surface area contributed by atoms with Crippen LogP contribution in [0.5, 0.6) is 0 Å². The van der Waals surface area contributed by atoms with Crippen molar-refractivity contribution in [2.24, 2.45) is 0 Å². The Bertz CT molecular complexity index is 1360. The summed E-state index contributed by atoms with van der Waals surface area (Å²) in [5.74, 6) is -1.49. The number of aliphatic hydroxyl groups excluding tert-OH is 1. The first-order chi connectivity index (χ1) is 19.2. The standard InChI is InChI=1S/C25H25Cl2F6N3O5S/c1-22(2,40)14(37)9-34-19(38)20-35-17(21(39)36-10-3-4-11(36)6-5-10)18(42-20)12-7-8-13(16(27)15(12)26)23(41,24(28,29)30)25(31,32)33/h7-8,10-11,14,37,40-41H,3-6,9H2,1-2H3,(H,34,38). The number of amides is 2. The molecule has 0 radical (unpaired) electrons. The highest BCUT2D eigenvalue weighted by molar-refractivity contribution is 7.17. The summed E-state index contributed by atoms with van der Waals surface area (Å²) >= 11 is 12.7. The van der Waals surface area contributed by atoms with Gasteiger partial charge in [0.2, 0.25) is 0 Å². The van der Waals surface area contributed by atoms with Gasteiger partial charge in [-0.05, 0) is 39.5 Å². The van der Waals surface area contributed by atoms with E-state index in [9.17, 15) is 51.3 Å². The number of hydrogen-bond acceptors (Lipinski definition) is 7. The fraction of sp³-hybridized carbons (Fsp3) is 0.560. The molecule has 4 N–H and O–H groups in total. The normalized spacial score (nSPS) is 20.3. The predicted octanol–water partition coefficient (Wildman–Crippen LogP) is 5.06. The number of alkyl halides is 6. The summed E-state index contributed by atoms with van der Waals surface area (Å²) in [5.41, 5.74) is -9.31. The van der Waals surface area contributed by atoms with Gasteiger partial charge in [-0.2, -0.15) is 26.3 Å². The van der Waals surface area contributed by atoms with Gasteiger partial charge < -0.3 is 25.5 Å². The van der Waals surface area contributed by atoms with E-state index in [1.54, 1.807) is 4.90 Å². The van der Waals surface area contributed by atoms with Crippen LogP contribution in [0.4, 0.5) is 26.3 Å². The Morgan fingerprint density at radius 2 is 1.55 bits per heavy atom. The molecule has 2 saturated heterocycles. The first-order valence-corrected chi connectivity index (χ1v) is 14.1. The lowest BCUT2D eigenvalue weighted by Gasteiger charge is -2.33. The van der Waals surface area contributed by atoms with Crippen LogP contribution in [0.25, 0.3) is 10.4 Å². The lowest BCUT2D eigenvalue weighted by atomic mass is 9.91. The number of rotatable bonds is 7. The van der Waals surface area contributed by atoms with Gasteiger partial charge in [0, 0.05) is 29.8 Å². The summed E-state index contributed by atoms with van der Waals surface area (Å²) in [7, 11) is 0. The molecule has 1 unspecified atom stereocenters. The van der Waals surface area contributed by atoms with Crippen molar-refractivity contribution in [1.29, 1.82) is 0 Å². The van der Waals surface area contributed by atoms with Crippen molar-refractivity contribution in [2.75, 3.05) is 6.54 Å². The number of benzene rings is 1. The molecule has 2 bridgehead atoms. The van der Waals surface area contributed by atoms with Gasteiger partial charge >= 0.3 is 12.4 Å². The van der Waals surface area contributed by atoms with E-state index in [1.807, 2.05) is 0 Å². The van der Waals surface area contributed by atoms with Gasteiger partial charge in [-0.1, -0.05) is 35.3 Å². The Morgan fingerprint density at radius 3 is 2.02 bits per heavy atom. The summed E-state index contributed by atoms with van der Waals surface area (Å²) < 4.78 is 81.2. The number of hydrogen-bond donors (Lipinski definition) is 4. The van der Waals surface area contributed by atoms with Crippen LogP contribution in [-0.4, -0.2) is 79.7 Å². The van der Waals surface area contributed by atoms with Gasteiger partial charge in [0.1, 0.15) is 5.69 Å². The lowest BCUT2D eigenvalue weighted by molar-refractivity contribution is -0.376. The van der Waals surface area contributed by atoms with E-state index < -0.39 is 63.6 Å². The van der Waals surface area contributed by atoms with Crippen molar-refractivity contribution in [1.82, 2.24) is 15.2 Å². The first-order valence-electron chi connectivity index (χ1n) is 12.6. The molecular formula is C25H25Cl2F6N3O5S. The molecule has 17 heteroatoms.